The highest BCUT2D eigenvalue weighted by Crippen LogP contribution is 2.27. The molecule has 0 atom stereocenters. The second-order valence-electron chi connectivity index (χ2n) is 4.13. The molecule has 4 nitrogen and oxygen atoms in total. The number of benzene rings is 1. The van der Waals surface area contributed by atoms with Crippen molar-refractivity contribution in [2.45, 2.75) is 18.4 Å². The van der Waals surface area contributed by atoms with Crippen molar-refractivity contribution in [3.63, 3.8) is 0 Å². The van der Waals surface area contributed by atoms with Gasteiger partial charge in [-0.25, -0.2) is 4.79 Å². The van der Waals surface area contributed by atoms with E-state index in [9.17, 15) is 9.90 Å². The summed E-state index contributed by atoms with van der Waals surface area (Å²) >= 11 is 5.88. The molecule has 2 N–H and O–H groups in total. The van der Waals surface area contributed by atoms with E-state index >= 15 is 0 Å². The van der Waals surface area contributed by atoms with Gasteiger partial charge in [-0.2, -0.15) is 0 Å². The minimum atomic E-state index is -0.942. The van der Waals surface area contributed by atoms with Crippen molar-refractivity contribution < 1.29 is 14.6 Å². The lowest BCUT2D eigenvalue weighted by Crippen LogP contribution is -2.50. The summed E-state index contributed by atoms with van der Waals surface area (Å²) in [5.74, 6) is -0.847. The van der Waals surface area contributed by atoms with E-state index in [4.69, 9.17) is 16.3 Å². The number of rotatable bonds is 3. The van der Waals surface area contributed by atoms with Crippen molar-refractivity contribution in [3.8, 4) is 0 Å². The van der Waals surface area contributed by atoms with Crippen LogP contribution >= 0.6 is 11.6 Å². The van der Waals surface area contributed by atoms with Crippen molar-refractivity contribution in [2.75, 3.05) is 18.5 Å². The van der Waals surface area contributed by atoms with Gasteiger partial charge in [0.05, 0.1) is 0 Å². The van der Waals surface area contributed by atoms with E-state index in [1.54, 1.807) is 18.2 Å². The Labute approximate surface area is 105 Å². The molecule has 1 heterocycles. The molecule has 92 valence electrons. The number of ether oxygens (including phenoxy) is 1. The molecule has 0 aliphatic carbocycles. The van der Waals surface area contributed by atoms with Crippen LogP contribution in [0.4, 0.5) is 5.69 Å². The van der Waals surface area contributed by atoms with E-state index < -0.39 is 11.5 Å². The van der Waals surface area contributed by atoms with E-state index in [1.807, 2.05) is 6.07 Å². The third-order valence-corrected chi connectivity index (χ3v) is 3.20. The molecular formula is C12H14ClNO3. The van der Waals surface area contributed by atoms with Gasteiger partial charge in [0, 0.05) is 36.8 Å². The molecule has 0 spiro atoms. The maximum Gasteiger partial charge on any atom is 0.329 e. The Balaban J connectivity index is 2.20. The third kappa shape index (κ3) is 2.70. The van der Waals surface area contributed by atoms with Gasteiger partial charge in [-0.1, -0.05) is 17.7 Å². The van der Waals surface area contributed by atoms with Crippen molar-refractivity contribution in [3.05, 3.63) is 29.3 Å². The van der Waals surface area contributed by atoms with Crippen molar-refractivity contribution in [1.82, 2.24) is 0 Å². The van der Waals surface area contributed by atoms with Crippen molar-refractivity contribution in [1.29, 1.82) is 0 Å². The summed E-state index contributed by atoms with van der Waals surface area (Å²) in [7, 11) is 0. The fourth-order valence-electron chi connectivity index (χ4n) is 1.95. The number of hydrogen-bond acceptors (Lipinski definition) is 3. The monoisotopic (exact) mass is 255 g/mol. The average Bonchev–Trinajstić information content (AvgIpc) is 2.30. The Morgan fingerprint density at radius 1 is 1.41 bits per heavy atom. The molecule has 0 radical (unpaired) electrons. The fraction of sp³-hybridized carbons (Fsp3) is 0.417. The third-order valence-electron chi connectivity index (χ3n) is 2.96. The molecule has 1 fully saturated rings. The number of carboxylic acid groups (broad SMARTS) is 1. The second-order valence-corrected chi connectivity index (χ2v) is 4.57. The topological polar surface area (TPSA) is 58.6 Å². The standard InChI is InChI=1S/C12H14ClNO3/c13-9-2-1-3-10(8-9)14-12(11(15)16)4-6-17-7-5-12/h1-3,8,14H,4-7H2,(H,15,16). The van der Waals surface area contributed by atoms with Crippen LogP contribution in [-0.2, 0) is 9.53 Å². The number of nitrogens with one attached hydrogen (secondary N) is 1. The summed E-state index contributed by atoms with van der Waals surface area (Å²) in [4.78, 5) is 11.4. The maximum atomic E-state index is 11.4. The number of halogens is 1. The van der Waals surface area contributed by atoms with Crippen LogP contribution in [0.3, 0.4) is 0 Å². The summed E-state index contributed by atoms with van der Waals surface area (Å²) < 4.78 is 5.21. The van der Waals surface area contributed by atoms with E-state index in [2.05, 4.69) is 5.32 Å². The van der Waals surface area contributed by atoms with Crippen LogP contribution in [0.5, 0.6) is 0 Å². The normalized spacial score (nSPS) is 18.6. The lowest BCUT2D eigenvalue weighted by Gasteiger charge is -2.34. The molecule has 2 rings (SSSR count). The van der Waals surface area contributed by atoms with Crippen LogP contribution in [-0.4, -0.2) is 29.8 Å². The van der Waals surface area contributed by atoms with Crippen LogP contribution in [0.2, 0.25) is 5.02 Å². The SMILES string of the molecule is O=C(O)C1(Nc2cccc(Cl)c2)CCOCC1. The van der Waals surface area contributed by atoms with Crippen LogP contribution in [0.1, 0.15) is 12.8 Å². The maximum absolute atomic E-state index is 11.4. The predicted molar refractivity (Wildman–Crippen MR) is 65.5 cm³/mol. The van der Waals surface area contributed by atoms with Crippen molar-refractivity contribution in [2.24, 2.45) is 0 Å². The molecular weight excluding hydrogens is 242 g/mol. The Morgan fingerprint density at radius 2 is 2.12 bits per heavy atom. The van der Waals surface area contributed by atoms with Crippen molar-refractivity contribution >= 4 is 23.3 Å². The number of hydrogen-bond donors (Lipinski definition) is 2. The molecule has 0 bridgehead atoms. The quantitative estimate of drug-likeness (QED) is 0.871. The van der Waals surface area contributed by atoms with Crippen LogP contribution in [0.15, 0.2) is 24.3 Å². The minimum Gasteiger partial charge on any atom is -0.480 e. The summed E-state index contributed by atoms with van der Waals surface area (Å²) in [5, 5.41) is 13.0. The van der Waals surface area contributed by atoms with Crippen LogP contribution < -0.4 is 5.32 Å². The predicted octanol–water partition coefficient (Wildman–Crippen LogP) is 2.39. The van der Waals surface area contributed by atoms with Gasteiger partial charge in [0.1, 0.15) is 5.54 Å². The second kappa shape index (κ2) is 4.94. The zero-order valence-corrected chi connectivity index (χ0v) is 10.0. The number of aliphatic carboxylic acids is 1. The molecule has 1 aromatic rings. The summed E-state index contributed by atoms with van der Waals surface area (Å²) in [6.07, 6.45) is 0.906. The highest BCUT2D eigenvalue weighted by molar-refractivity contribution is 6.30. The summed E-state index contributed by atoms with van der Waals surface area (Å²) in [6.45, 7) is 0.916. The first-order valence-electron chi connectivity index (χ1n) is 5.47. The Morgan fingerprint density at radius 3 is 2.71 bits per heavy atom. The lowest BCUT2D eigenvalue weighted by atomic mass is 9.90. The lowest BCUT2D eigenvalue weighted by molar-refractivity contribution is -0.145. The first kappa shape index (κ1) is 12.2. The minimum absolute atomic E-state index is 0.453. The largest absolute Gasteiger partial charge is 0.480 e. The van der Waals surface area contributed by atoms with Gasteiger partial charge >= 0.3 is 5.97 Å². The Hall–Kier alpha value is -1.26. The van der Waals surface area contributed by atoms with Crippen LogP contribution in [0, 0.1) is 0 Å². The molecule has 1 aliphatic heterocycles. The van der Waals surface area contributed by atoms with E-state index in [-0.39, 0.29) is 0 Å². The van der Waals surface area contributed by atoms with Gasteiger partial charge in [0.2, 0.25) is 0 Å². The highest BCUT2D eigenvalue weighted by atomic mass is 35.5. The molecule has 0 unspecified atom stereocenters. The van der Waals surface area contributed by atoms with Gasteiger partial charge in [0.15, 0.2) is 0 Å². The molecule has 0 saturated carbocycles. The molecule has 1 aliphatic rings. The van der Waals surface area contributed by atoms with Crippen LogP contribution in [0.25, 0.3) is 0 Å². The molecule has 1 saturated heterocycles. The van der Waals surface area contributed by atoms with Gasteiger partial charge in [0.25, 0.3) is 0 Å². The molecule has 1 aromatic carbocycles. The Kier molecular flexibility index (Phi) is 3.54. The first-order valence-corrected chi connectivity index (χ1v) is 5.85. The molecule has 5 heteroatoms. The van der Waals surface area contributed by atoms with Gasteiger partial charge in [-0.3, -0.25) is 0 Å². The zero-order chi connectivity index (χ0) is 12.3. The fourth-order valence-corrected chi connectivity index (χ4v) is 2.15. The average molecular weight is 256 g/mol. The van der Waals surface area contributed by atoms with E-state index in [1.165, 1.54) is 0 Å². The summed E-state index contributed by atoms with van der Waals surface area (Å²) in [6, 6.07) is 7.08. The molecule has 0 aromatic heterocycles. The molecule has 0 amide bonds. The van der Waals surface area contributed by atoms with Gasteiger partial charge < -0.3 is 15.2 Å². The van der Waals surface area contributed by atoms with Gasteiger partial charge in [-0.15, -0.1) is 0 Å². The molecule has 17 heavy (non-hydrogen) atoms. The smallest absolute Gasteiger partial charge is 0.329 e. The number of anilines is 1. The highest BCUT2D eigenvalue weighted by Gasteiger charge is 2.40. The zero-order valence-electron chi connectivity index (χ0n) is 9.28. The Bertz CT molecular complexity index is 416. The van der Waals surface area contributed by atoms with Gasteiger partial charge in [-0.05, 0) is 18.2 Å². The van der Waals surface area contributed by atoms with E-state index in [0.29, 0.717) is 31.1 Å². The number of carbonyl (C=O) groups is 1. The first-order chi connectivity index (χ1) is 8.12. The summed E-state index contributed by atoms with van der Waals surface area (Å²) in [5.41, 5.74) is -0.218. The number of carboxylic acids is 1. The van der Waals surface area contributed by atoms with E-state index in [0.717, 1.165) is 5.69 Å².